The second kappa shape index (κ2) is 5.03. The molecule has 0 N–H and O–H groups in total. The molecular weight excluding hydrogens is 160 g/mol. The first-order chi connectivity index (χ1) is 1.73. The Bertz CT molecular complexity index is 32.6. The van der Waals surface area contributed by atoms with Gasteiger partial charge in [0.05, 0.1) is 0 Å². The van der Waals surface area contributed by atoms with Gasteiger partial charge in [0, 0.05) is 19.5 Å². The SMILES string of the molecule is O=[P+]([O-])[S-].[Zn]. The van der Waals surface area contributed by atoms with Crippen LogP contribution in [0.1, 0.15) is 0 Å². The minimum Gasteiger partial charge on any atom is -0.614 e. The maximum absolute atomic E-state index is 8.85. The van der Waals surface area contributed by atoms with Crippen LogP contribution in [-0.2, 0) is 36.3 Å². The van der Waals surface area contributed by atoms with E-state index in [1.54, 1.807) is 0 Å². The summed E-state index contributed by atoms with van der Waals surface area (Å²) in [5, 5.41) is 0. The molecule has 0 rings (SSSR count). The number of rotatable bonds is 0. The van der Waals surface area contributed by atoms with E-state index in [1.807, 2.05) is 0 Å². The van der Waals surface area contributed by atoms with E-state index < -0.39 is 7.23 Å². The summed E-state index contributed by atoms with van der Waals surface area (Å²) in [5.74, 6) is 0. The fourth-order valence-electron chi connectivity index (χ4n) is 0. The number of hydrogen-bond donors (Lipinski definition) is 0. The van der Waals surface area contributed by atoms with Crippen LogP contribution in [0.2, 0.25) is 0 Å². The maximum Gasteiger partial charge on any atom is 0.168 e. The topological polar surface area (TPSA) is 40.1 Å². The molecular formula is O2PSZn-. The summed E-state index contributed by atoms with van der Waals surface area (Å²) in [6, 6.07) is 0. The van der Waals surface area contributed by atoms with Gasteiger partial charge in [0.1, 0.15) is 0 Å². The van der Waals surface area contributed by atoms with Gasteiger partial charge in [-0.3, -0.25) is 0 Å². The Morgan fingerprint density at radius 3 is 1.80 bits per heavy atom. The summed E-state index contributed by atoms with van der Waals surface area (Å²) < 4.78 is 8.85. The van der Waals surface area contributed by atoms with Crippen molar-refractivity contribution >= 4 is 19.5 Å². The van der Waals surface area contributed by atoms with Crippen molar-refractivity contribution in [2.24, 2.45) is 0 Å². The van der Waals surface area contributed by atoms with Crippen molar-refractivity contribution in [2.75, 3.05) is 0 Å². The molecule has 2 nitrogen and oxygen atoms in total. The van der Waals surface area contributed by atoms with Gasteiger partial charge in [-0.1, -0.05) is 0 Å². The van der Waals surface area contributed by atoms with Crippen molar-refractivity contribution in [3.05, 3.63) is 0 Å². The smallest absolute Gasteiger partial charge is 0.168 e. The molecule has 0 heterocycles. The third kappa shape index (κ3) is 43.4. The van der Waals surface area contributed by atoms with Gasteiger partial charge in [-0.2, -0.15) is 0 Å². The minimum atomic E-state index is -2.54. The fraction of sp³-hybridized carbons (Fsp3) is 0. The zero-order valence-electron chi connectivity index (χ0n) is 2.38. The Hall–Kier alpha value is 1.03. The standard InChI is InChI=1S/HO2PS.Zn/c1-3(2)4;/h(H,1,2,4);/p-1. The van der Waals surface area contributed by atoms with Crippen LogP contribution in [0.3, 0.4) is 0 Å². The summed E-state index contributed by atoms with van der Waals surface area (Å²) in [6.45, 7) is 0. The third-order valence-corrected chi connectivity index (χ3v) is 0. The van der Waals surface area contributed by atoms with E-state index in [0.29, 0.717) is 0 Å². The summed E-state index contributed by atoms with van der Waals surface area (Å²) in [4.78, 5) is 8.85. The normalized spacial score (nSPS) is 8.80. The molecule has 0 radical (unpaired) electrons. The summed E-state index contributed by atoms with van der Waals surface area (Å²) in [5.41, 5.74) is 0. The summed E-state index contributed by atoms with van der Waals surface area (Å²) in [7, 11) is -2.54. The minimum absolute atomic E-state index is 0. The third-order valence-electron chi connectivity index (χ3n) is 0. The van der Waals surface area contributed by atoms with Crippen LogP contribution in [0.15, 0.2) is 0 Å². The Kier molecular flexibility index (Phi) is 9.46. The first kappa shape index (κ1) is 9.40. The van der Waals surface area contributed by atoms with Crippen molar-refractivity contribution < 1.29 is 28.9 Å². The van der Waals surface area contributed by atoms with Crippen LogP contribution in [0.4, 0.5) is 0 Å². The molecule has 0 spiro atoms. The van der Waals surface area contributed by atoms with Gasteiger partial charge in [0.25, 0.3) is 0 Å². The zero-order valence-corrected chi connectivity index (χ0v) is 7.06. The van der Waals surface area contributed by atoms with Gasteiger partial charge in [0.15, 0.2) is 7.23 Å². The fourth-order valence-corrected chi connectivity index (χ4v) is 0. The molecule has 0 saturated heterocycles. The van der Waals surface area contributed by atoms with Gasteiger partial charge >= 0.3 is 0 Å². The van der Waals surface area contributed by atoms with Crippen LogP contribution in [-0.4, -0.2) is 0 Å². The van der Waals surface area contributed by atoms with Crippen molar-refractivity contribution in [1.82, 2.24) is 0 Å². The molecule has 0 aliphatic rings. The monoisotopic (exact) mass is 159 g/mol. The molecule has 0 aliphatic heterocycles. The molecule has 0 saturated carbocycles. The zero-order chi connectivity index (χ0) is 3.58. The van der Waals surface area contributed by atoms with Crippen LogP contribution in [0, 0.1) is 0 Å². The molecule has 0 aliphatic carbocycles. The molecule has 0 bridgehead atoms. The van der Waals surface area contributed by atoms with E-state index in [0.717, 1.165) is 0 Å². The van der Waals surface area contributed by atoms with Crippen LogP contribution < -0.4 is 4.89 Å². The van der Waals surface area contributed by atoms with E-state index in [4.69, 9.17) is 9.46 Å². The van der Waals surface area contributed by atoms with Gasteiger partial charge in [0.2, 0.25) is 0 Å². The van der Waals surface area contributed by atoms with Gasteiger partial charge in [-0.05, 0) is 0 Å². The first-order valence-electron chi connectivity index (χ1n) is 0.548. The van der Waals surface area contributed by atoms with E-state index in [9.17, 15) is 0 Å². The van der Waals surface area contributed by atoms with Crippen molar-refractivity contribution in [3.63, 3.8) is 0 Å². The van der Waals surface area contributed by atoms with Crippen LogP contribution in [0.25, 0.3) is 0 Å². The average molecular weight is 160 g/mol. The molecule has 0 fully saturated rings. The van der Waals surface area contributed by atoms with Crippen molar-refractivity contribution in [1.29, 1.82) is 0 Å². The maximum atomic E-state index is 8.85. The molecule has 26 valence electrons. The Morgan fingerprint density at radius 1 is 1.80 bits per heavy atom. The predicted octanol–water partition coefficient (Wildman–Crippen LogP) is -0.452. The van der Waals surface area contributed by atoms with E-state index in [-0.39, 0.29) is 19.5 Å². The average Bonchev–Trinajstić information content (AvgIpc) is 0.811. The number of hydrogen-bond acceptors (Lipinski definition) is 3. The van der Waals surface area contributed by atoms with E-state index in [1.165, 1.54) is 0 Å². The first-order valence-corrected chi connectivity index (χ1v) is 2.74. The van der Waals surface area contributed by atoms with Crippen LogP contribution >= 0.6 is 7.23 Å². The van der Waals surface area contributed by atoms with Crippen LogP contribution in [0.5, 0.6) is 0 Å². The molecule has 1 atom stereocenters. The van der Waals surface area contributed by atoms with E-state index >= 15 is 0 Å². The van der Waals surface area contributed by atoms with E-state index in [2.05, 4.69) is 12.2 Å². The molecule has 5 heteroatoms. The van der Waals surface area contributed by atoms with Gasteiger partial charge < -0.3 is 17.1 Å². The molecule has 0 aromatic carbocycles. The Balaban J connectivity index is 0. The predicted molar refractivity (Wildman–Crippen MR) is 15.0 cm³/mol. The van der Waals surface area contributed by atoms with Gasteiger partial charge in [-0.25, -0.2) is 0 Å². The second-order valence-electron chi connectivity index (χ2n) is 0.224. The Labute approximate surface area is 48.7 Å². The molecule has 0 amide bonds. The molecule has 5 heavy (non-hydrogen) atoms. The van der Waals surface area contributed by atoms with Gasteiger partial charge in [-0.15, -0.1) is 4.57 Å². The van der Waals surface area contributed by atoms with Crippen molar-refractivity contribution in [3.8, 4) is 0 Å². The molecule has 0 aromatic heterocycles. The van der Waals surface area contributed by atoms with Crippen molar-refractivity contribution in [2.45, 2.75) is 0 Å². The summed E-state index contributed by atoms with van der Waals surface area (Å²) in [6.07, 6.45) is 0. The second-order valence-corrected chi connectivity index (χ2v) is 1.57. The Morgan fingerprint density at radius 2 is 1.80 bits per heavy atom. The molecule has 1 unspecified atom stereocenters. The molecule has 0 aromatic rings. The largest absolute Gasteiger partial charge is 0.614 e. The quantitative estimate of drug-likeness (QED) is 0.274. The summed E-state index contributed by atoms with van der Waals surface area (Å²) >= 11 is 3.57.